The Hall–Kier alpha value is -1.76. The van der Waals surface area contributed by atoms with Crippen molar-refractivity contribution in [2.75, 3.05) is 0 Å². The molecule has 1 nitrogen and oxygen atoms in total. The minimum absolute atomic E-state index is 0.421. The molecular formula is C16H14O. The lowest BCUT2D eigenvalue weighted by Gasteiger charge is -2.22. The Labute approximate surface area is 101 Å². The smallest absolute Gasteiger partial charge is 0.111 e. The number of rotatable bonds is 1. The highest BCUT2D eigenvalue weighted by molar-refractivity contribution is 5.46. The van der Waals surface area contributed by atoms with Gasteiger partial charge in [0.2, 0.25) is 0 Å². The van der Waals surface area contributed by atoms with Crippen LogP contribution in [0.3, 0.4) is 0 Å². The molecule has 0 amide bonds. The van der Waals surface area contributed by atoms with Gasteiger partial charge in [0, 0.05) is 11.8 Å². The van der Waals surface area contributed by atoms with Crippen LogP contribution in [0.25, 0.3) is 0 Å². The van der Waals surface area contributed by atoms with Crippen LogP contribution in [-0.2, 0) is 0 Å². The fourth-order valence-corrected chi connectivity index (χ4v) is 3.40. The lowest BCUT2D eigenvalue weighted by Crippen LogP contribution is -2.08. The molecule has 1 aromatic carbocycles. The number of fused-ring (bicyclic) bond motifs is 5. The molecule has 1 heteroatoms. The highest BCUT2D eigenvalue weighted by Crippen LogP contribution is 2.52. The molecule has 84 valence electrons. The van der Waals surface area contributed by atoms with Gasteiger partial charge >= 0.3 is 0 Å². The van der Waals surface area contributed by atoms with E-state index < -0.39 is 0 Å². The van der Waals surface area contributed by atoms with Crippen molar-refractivity contribution < 1.29 is 4.42 Å². The number of hydrogen-bond donors (Lipinski definition) is 0. The molecule has 2 bridgehead atoms. The summed E-state index contributed by atoms with van der Waals surface area (Å²) in [5.74, 6) is 2.75. The summed E-state index contributed by atoms with van der Waals surface area (Å²) in [6, 6.07) is 12.9. The summed E-state index contributed by atoms with van der Waals surface area (Å²) in [5.41, 5.74) is 3.03. The minimum atomic E-state index is 0.421. The fourth-order valence-electron chi connectivity index (χ4n) is 3.40. The Kier molecular flexibility index (Phi) is 1.84. The lowest BCUT2D eigenvalue weighted by atomic mass is 9.81. The van der Waals surface area contributed by atoms with E-state index in [0.29, 0.717) is 17.8 Å². The SMILES string of the molecule is C1=C[C@@H](c2ccco2)C2CC1c1ccccc12. The first-order valence-electron chi connectivity index (χ1n) is 6.24. The maximum atomic E-state index is 5.59. The highest BCUT2D eigenvalue weighted by Gasteiger charge is 2.38. The van der Waals surface area contributed by atoms with E-state index in [1.165, 1.54) is 17.5 Å². The molecule has 17 heavy (non-hydrogen) atoms. The molecule has 0 saturated heterocycles. The van der Waals surface area contributed by atoms with Gasteiger partial charge in [0.15, 0.2) is 0 Å². The van der Waals surface area contributed by atoms with Crippen LogP contribution < -0.4 is 0 Å². The molecule has 0 aliphatic heterocycles. The van der Waals surface area contributed by atoms with Crippen molar-refractivity contribution in [3.8, 4) is 0 Å². The van der Waals surface area contributed by atoms with Crippen molar-refractivity contribution in [2.24, 2.45) is 0 Å². The van der Waals surface area contributed by atoms with Crippen molar-refractivity contribution in [3.63, 3.8) is 0 Å². The summed E-state index contributed by atoms with van der Waals surface area (Å²) in [5, 5.41) is 0. The zero-order chi connectivity index (χ0) is 11.2. The second kappa shape index (κ2) is 3.36. The zero-order valence-electron chi connectivity index (χ0n) is 9.54. The topological polar surface area (TPSA) is 13.1 Å². The molecule has 1 heterocycles. The molecule has 0 radical (unpaired) electrons. The molecule has 2 aliphatic rings. The van der Waals surface area contributed by atoms with E-state index in [2.05, 4.69) is 42.5 Å². The first-order valence-corrected chi connectivity index (χ1v) is 6.24. The first kappa shape index (κ1) is 9.29. The third-order valence-corrected chi connectivity index (χ3v) is 4.16. The van der Waals surface area contributed by atoms with Crippen LogP contribution in [-0.4, -0.2) is 0 Å². The molecule has 4 rings (SSSR count). The molecule has 3 atom stereocenters. The first-order chi connectivity index (χ1) is 8.43. The quantitative estimate of drug-likeness (QED) is 0.659. The fraction of sp³-hybridized carbons (Fsp3) is 0.250. The van der Waals surface area contributed by atoms with E-state index in [0.717, 1.165) is 5.76 Å². The van der Waals surface area contributed by atoms with Crippen molar-refractivity contribution in [2.45, 2.75) is 24.2 Å². The van der Waals surface area contributed by atoms with Gasteiger partial charge in [0.05, 0.1) is 6.26 Å². The third kappa shape index (κ3) is 1.25. The van der Waals surface area contributed by atoms with Gasteiger partial charge in [-0.15, -0.1) is 0 Å². The largest absolute Gasteiger partial charge is 0.469 e. The minimum Gasteiger partial charge on any atom is -0.469 e. The van der Waals surface area contributed by atoms with Crippen LogP contribution in [0.15, 0.2) is 59.2 Å². The van der Waals surface area contributed by atoms with Gasteiger partial charge in [-0.1, -0.05) is 36.4 Å². The summed E-state index contributed by atoms with van der Waals surface area (Å²) in [4.78, 5) is 0. The van der Waals surface area contributed by atoms with Gasteiger partial charge in [-0.05, 0) is 35.6 Å². The van der Waals surface area contributed by atoms with Crippen LogP contribution in [0.1, 0.15) is 41.1 Å². The normalized spacial score (nSPS) is 29.3. The second-order valence-electron chi connectivity index (χ2n) is 5.00. The van der Waals surface area contributed by atoms with E-state index in [-0.39, 0.29) is 0 Å². The molecule has 0 saturated carbocycles. The molecule has 2 aromatic rings. The van der Waals surface area contributed by atoms with Gasteiger partial charge < -0.3 is 4.42 Å². The molecular weight excluding hydrogens is 208 g/mol. The average Bonchev–Trinajstić information content (AvgIpc) is 3.00. The Morgan fingerprint density at radius 2 is 1.82 bits per heavy atom. The third-order valence-electron chi connectivity index (χ3n) is 4.16. The predicted octanol–water partition coefficient (Wildman–Crippen LogP) is 4.20. The number of benzene rings is 1. The van der Waals surface area contributed by atoms with Crippen LogP contribution in [0.2, 0.25) is 0 Å². The second-order valence-corrected chi connectivity index (χ2v) is 5.00. The van der Waals surface area contributed by atoms with Crippen LogP contribution >= 0.6 is 0 Å². The molecule has 2 aliphatic carbocycles. The van der Waals surface area contributed by atoms with Gasteiger partial charge in [-0.2, -0.15) is 0 Å². The van der Waals surface area contributed by atoms with Crippen molar-refractivity contribution >= 4 is 0 Å². The van der Waals surface area contributed by atoms with Gasteiger partial charge in [-0.3, -0.25) is 0 Å². The maximum absolute atomic E-state index is 5.59. The average molecular weight is 222 g/mol. The van der Waals surface area contributed by atoms with Crippen LogP contribution in [0.4, 0.5) is 0 Å². The summed E-state index contributed by atoms with van der Waals surface area (Å²) >= 11 is 0. The molecule has 2 unspecified atom stereocenters. The Balaban J connectivity index is 1.84. The molecule has 1 aromatic heterocycles. The summed E-state index contributed by atoms with van der Waals surface area (Å²) in [7, 11) is 0. The van der Waals surface area contributed by atoms with Gasteiger partial charge in [0.1, 0.15) is 5.76 Å². The van der Waals surface area contributed by atoms with Crippen molar-refractivity contribution in [1.82, 2.24) is 0 Å². The number of hydrogen-bond acceptors (Lipinski definition) is 1. The van der Waals surface area contributed by atoms with Crippen LogP contribution in [0.5, 0.6) is 0 Å². The Morgan fingerprint density at radius 3 is 2.65 bits per heavy atom. The van der Waals surface area contributed by atoms with E-state index in [1.54, 1.807) is 6.26 Å². The molecule has 0 spiro atoms. The van der Waals surface area contributed by atoms with Crippen molar-refractivity contribution in [1.29, 1.82) is 0 Å². The zero-order valence-corrected chi connectivity index (χ0v) is 9.54. The number of allylic oxidation sites excluding steroid dienone is 2. The maximum Gasteiger partial charge on any atom is 0.111 e. The van der Waals surface area contributed by atoms with E-state index in [9.17, 15) is 0 Å². The van der Waals surface area contributed by atoms with Crippen molar-refractivity contribution in [3.05, 3.63) is 71.7 Å². The summed E-state index contributed by atoms with van der Waals surface area (Å²) < 4.78 is 5.59. The predicted molar refractivity (Wildman–Crippen MR) is 67.1 cm³/mol. The van der Waals surface area contributed by atoms with E-state index in [4.69, 9.17) is 4.42 Å². The molecule has 0 fully saturated rings. The standard InChI is InChI=1S/C16H14O/c1-2-5-13-12(4-1)11-7-8-14(15(13)10-11)16-6-3-9-17-16/h1-9,11,14-15H,10H2/t11?,14-,15?/m1/s1. The summed E-state index contributed by atoms with van der Waals surface area (Å²) in [6.45, 7) is 0. The Bertz CT molecular complexity index is 565. The lowest BCUT2D eigenvalue weighted by molar-refractivity contribution is 0.442. The Morgan fingerprint density at radius 1 is 0.941 bits per heavy atom. The van der Waals surface area contributed by atoms with E-state index >= 15 is 0 Å². The van der Waals surface area contributed by atoms with Crippen LogP contribution in [0, 0.1) is 0 Å². The van der Waals surface area contributed by atoms with E-state index in [1.807, 2.05) is 6.07 Å². The van der Waals surface area contributed by atoms with Gasteiger partial charge in [0.25, 0.3) is 0 Å². The number of furan rings is 1. The summed E-state index contributed by atoms with van der Waals surface area (Å²) in [6.07, 6.45) is 7.70. The highest BCUT2D eigenvalue weighted by atomic mass is 16.3. The monoisotopic (exact) mass is 222 g/mol. The van der Waals surface area contributed by atoms with Gasteiger partial charge in [-0.25, -0.2) is 0 Å². The molecule has 0 N–H and O–H groups in total.